The maximum atomic E-state index is 12.3. The zero-order valence-electron chi connectivity index (χ0n) is 14.2. The molecule has 0 aliphatic carbocycles. The van der Waals surface area contributed by atoms with Crippen molar-refractivity contribution in [3.05, 3.63) is 72.6 Å². The Bertz CT molecular complexity index is 885. The van der Waals surface area contributed by atoms with Gasteiger partial charge in [-0.15, -0.1) is 0 Å². The van der Waals surface area contributed by atoms with E-state index >= 15 is 0 Å². The number of nitrogens with zero attached hydrogens (tertiary/aromatic N) is 4. The van der Waals surface area contributed by atoms with E-state index in [2.05, 4.69) is 20.3 Å². The first-order chi connectivity index (χ1) is 12.8. The maximum Gasteiger partial charge on any atom is 0.225 e. The van der Waals surface area contributed by atoms with Gasteiger partial charge in [-0.2, -0.15) is 0 Å². The Labute approximate surface area is 151 Å². The minimum absolute atomic E-state index is 0.00481. The number of rotatable bonds is 5. The molecule has 0 unspecified atom stereocenters. The molecule has 6 heteroatoms. The molecular weight excluding hydrogens is 326 g/mol. The van der Waals surface area contributed by atoms with E-state index < -0.39 is 0 Å². The Kier molecular flexibility index (Phi) is 4.55. The van der Waals surface area contributed by atoms with Crippen LogP contribution in [0.4, 0.5) is 5.95 Å². The number of likely N-dealkylation sites (tertiary alicyclic amines) is 1. The minimum Gasteiger partial charge on any atom is -0.349 e. The molecule has 0 spiro atoms. The fraction of sp³-hybridized carbons (Fsp3) is 0.200. The highest BCUT2D eigenvalue weighted by Gasteiger charge is 2.29. The van der Waals surface area contributed by atoms with Crippen molar-refractivity contribution >= 4 is 11.9 Å². The standard InChI is InChI=1S/C20H19N5O/c26-19-12-16(14-25(19)13-15-6-2-1-3-7-15)23-20-22-11-9-18(24-20)17-8-4-5-10-21-17/h1-11,16H,12-14H2,(H,22,23,24)/t16-/m0/s1. The van der Waals surface area contributed by atoms with Crippen molar-refractivity contribution in [1.82, 2.24) is 19.9 Å². The van der Waals surface area contributed by atoms with E-state index in [1.807, 2.05) is 59.5 Å². The third-order valence-electron chi connectivity index (χ3n) is 4.35. The molecule has 1 atom stereocenters. The van der Waals surface area contributed by atoms with Crippen molar-refractivity contribution in [3.63, 3.8) is 0 Å². The molecule has 1 fully saturated rings. The van der Waals surface area contributed by atoms with Crippen molar-refractivity contribution in [1.29, 1.82) is 0 Å². The van der Waals surface area contributed by atoms with E-state index in [-0.39, 0.29) is 11.9 Å². The highest BCUT2D eigenvalue weighted by molar-refractivity contribution is 5.80. The summed E-state index contributed by atoms with van der Waals surface area (Å²) in [4.78, 5) is 27.3. The number of nitrogens with one attached hydrogen (secondary N) is 1. The van der Waals surface area contributed by atoms with E-state index in [9.17, 15) is 4.79 Å². The summed E-state index contributed by atoms with van der Waals surface area (Å²) in [6, 6.07) is 17.6. The number of benzene rings is 1. The van der Waals surface area contributed by atoms with Crippen LogP contribution in [0.2, 0.25) is 0 Å². The second-order valence-corrected chi connectivity index (χ2v) is 6.29. The van der Waals surface area contributed by atoms with Gasteiger partial charge in [0.15, 0.2) is 0 Å². The third kappa shape index (κ3) is 3.69. The van der Waals surface area contributed by atoms with Gasteiger partial charge in [-0.3, -0.25) is 9.78 Å². The van der Waals surface area contributed by atoms with Gasteiger partial charge in [0.2, 0.25) is 11.9 Å². The van der Waals surface area contributed by atoms with Crippen LogP contribution in [0.25, 0.3) is 11.4 Å². The predicted molar refractivity (Wildman–Crippen MR) is 99.1 cm³/mol. The molecule has 4 rings (SSSR count). The molecule has 6 nitrogen and oxygen atoms in total. The molecule has 1 amide bonds. The van der Waals surface area contributed by atoms with Crippen LogP contribution in [-0.4, -0.2) is 38.3 Å². The van der Waals surface area contributed by atoms with Crippen LogP contribution in [0.5, 0.6) is 0 Å². The molecular formula is C20H19N5O. The zero-order chi connectivity index (χ0) is 17.8. The lowest BCUT2D eigenvalue weighted by Gasteiger charge is -2.17. The van der Waals surface area contributed by atoms with E-state index in [1.54, 1.807) is 12.4 Å². The van der Waals surface area contributed by atoms with Crippen molar-refractivity contribution < 1.29 is 4.79 Å². The summed E-state index contributed by atoms with van der Waals surface area (Å²) >= 11 is 0. The van der Waals surface area contributed by atoms with Gasteiger partial charge < -0.3 is 10.2 Å². The maximum absolute atomic E-state index is 12.3. The average Bonchev–Trinajstić information content (AvgIpc) is 3.02. The predicted octanol–water partition coefficient (Wildman–Crippen LogP) is 2.75. The van der Waals surface area contributed by atoms with Gasteiger partial charge in [-0.1, -0.05) is 36.4 Å². The van der Waals surface area contributed by atoms with Crippen molar-refractivity contribution in [2.24, 2.45) is 0 Å². The number of carbonyl (C=O) groups excluding carboxylic acids is 1. The number of aromatic nitrogens is 3. The van der Waals surface area contributed by atoms with E-state index in [0.29, 0.717) is 25.5 Å². The molecule has 1 aromatic carbocycles. The first-order valence-corrected chi connectivity index (χ1v) is 8.60. The Hall–Kier alpha value is -3.28. The molecule has 3 aromatic rings. The summed E-state index contributed by atoms with van der Waals surface area (Å²) in [5, 5.41) is 3.28. The Balaban J connectivity index is 1.43. The molecule has 0 bridgehead atoms. The van der Waals surface area contributed by atoms with Crippen LogP contribution in [0.15, 0.2) is 67.0 Å². The normalized spacial score (nSPS) is 16.7. The number of carbonyl (C=O) groups is 1. The fourth-order valence-electron chi connectivity index (χ4n) is 3.09. The van der Waals surface area contributed by atoms with Crippen LogP contribution in [0.3, 0.4) is 0 Å². The Morgan fingerprint density at radius 2 is 1.81 bits per heavy atom. The SMILES string of the molecule is O=C1C[C@H](Nc2nccc(-c3ccccn3)n2)CN1Cc1ccccc1. The van der Waals surface area contributed by atoms with Crippen molar-refractivity contribution in [3.8, 4) is 11.4 Å². The molecule has 1 aliphatic rings. The van der Waals surface area contributed by atoms with Gasteiger partial charge >= 0.3 is 0 Å². The topological polar surface area (TPSA) is 71.0 Å². The smallest absolute Gasteiger partial charge is 0.225 e. The highest BCUT2D eigenvalue weighted by atomic mass is 16.2. The van der Waals surface area contributed by atoms with Crippen molar-refractivity contribution in [2.75, 3.05) is 11.9 Å². The molecule has 26 heavy (non-hydrogen) atoms. The lowest BCUT2D eigenvalue weighted by Crippen LogP contribution is -2.28. The summed E-state index contributed by atoms with van der Waals surface area (Å²) in [5.41, 5.74) is 2.69. The summed E-state index contributed by atoms with van der Waals surface area (Å²) in [7, 11) is 0. The summed E-state index contributed by atoms with van der Waals surface area (Å²) in [5.74, 6) is 0.666. The van der Waals surface area contributed by atoms with E-state index in [4.69, 9.17) is 0 Å². The number of amides is 1. The van der Waals surface area contributed by atoms with E-state index in [0.717, 1.165) is 17.0 Å². The molecule has 2 aromatic heterocycles. The highest BCUT2D eigenvalue weighted by Crippen LogP contribution is 2.19. The van der Waals surface area contributed by atoms with Crippen LogP contribution < -0.4 is 5.32 Å². The van der Waals surface area contributed by atoms with Gasteiger partial charge in [0.25, 0.3) is 0 Å². The average molecular weight is 345 g/mol. The fourth-order valence-corrected chi connectivity index (χ4v) is 3.09. The van der Waals surface area contributed by atoms with Crippen LogP contribution in [0, 0.1) is 0 Å². The lowest BCUT2D eigenvalue weighted by atomic mass is 10.2. The number of anilines is 1. The molecule has 1 aliphatic heterocycles. The van der Waals surface area contributed by atoms with Gasteiger partial charge in [0.05, 0.1) is 17.4 Å². The molecule has 0 saturated carbocycles. The van der Waals surface area contributed by atoms with Crippen LogP contribution in [0.1, 0.15) is 12.0 Å². The number of pyridine rings is 1. The van der Waals surface area contributed by atoms with Crippen LogP contribution >= 0.6 is 0 Å². The summed E-state index contributed by atoms with van der Waals surface area (Å²) in [6.45, 7) is 1.28. The van der Waals surface area contributed by atoms with E-state index in [1.165, 1.54) is 0 Å². The van der Waals surface area contributed by atoms with Crippen molar-refractivity contribution in [2.45, 2.75) is 19.0 Å². The molecule has 0 radical (unpaired) electrons. The van der Waals surface area contributed by atoms with Crippen LogP contribution in [-0.2, 0) is 11.3 Å². The second-order valence-electron chi connectivity index (χ2n) is 6.29. The molecule has 3 heterocycles. The Morgan fingerprint density at radius 1 is 0.962 bits per heavy atom. The van der Waals surface area contributed by atoms with Gasteiger partial charge in [-0.05, 0) is 23.8 Å². The first-order valence-electron chi connectivity index (χ1n) is 8.60. The first kappa shape index (κ1) is 16.2. The quantitative estimate of drug-likeness (QED) is 0.770. The second kappa shape index (κ2) is 7.31. The zero-order valence-corrected chi connectivity index (χ0v) is 14.2. The van der Waals surface area contributed by atoms with Gasteiger partial charge in [0.1, 0.15) is 0 Å². The summed E-state index contributed by atoms with van der Waals surface area (Å²) < 4.78 is 0. The van der Waals surface area contributed by atoms with Gasteiger partial charge in [0, 0.05) is 31.9 Å². The number of hydrogen-bond donors (Lipinski definition) is 1. The largest absolute Gasteiger partial charge is 0.349 e. The summed E-state index contributed by atoms with van der Waals surface area (Å²) in [6.07, 6.45) is 3.89. The molecule has 1 saturated heterocycles. The molecule has 130 valence electrons. The van der Waals surface area contributed by atoms with Gasteiger partial charge in [-0.25, -0.2) is 9.97 Å². The monoisotopic (exact) mass is 345 g/mol. The molecule has 1 N–H and O–H groups in total. The third-order valence-corrected chi connectivity index (χ3v) is 4.35. The number of hydrogen-bond acceptors (Lipinski definition) is 5. The Morgan fingerprint density at radius 3 is 2.62 bits per heavy atom. The minimum atomic E-state index is 0.00481. The lowest BCUT2D eigenvalue weighted by molar-refractivity contribution is -0.128.